The van der Waals surface area contributed by atoms with Crippen molar-refractivity contribution in [1.82, 2.24) is 5.43 Å². The third-order valence-electron chi connectivity index (χ3n) is 4.97. The van der Waals surface area contributed by atoms with Crippen LogP contribution < -0.4 is 17.0 Å². The molecule has 134 valence electrons. The third-order valence-corrected chi connectivity index (χ3v) is 4.97. The van der Waals surface area contributed by atoms with Gasteiger partial charge >= 0.3 is 5.97 Å². The van der Waals surface area contributed by atoms with Crippen molar-refractivity contribution in [3.63, 3.8) is 0 Å². The second-order valence-corrected chi connectivity index (χ2v) is 6.38. The van der Waals surface area contributed by atoms with Gasteiger partial charge in [0.25, 0.3) is 0 Å². The smallest absolute Gasteiger partial charge is 0.361 e. The fraction of sp³-hybridized carbons (Fsp3) is 0.824. The van der Waals surface area contributed by atoms with E-state index in [0.29, 0.717) is 5.41 Å². The maximum Gasteiger partial charge on any atom is 0.361 e. The zero-order valence-electron chi connectivity index (χ0n) is 14.8. The first-order chi connectivity index (χ1) is 11.0. The number of carbonyl (C=O) groups is 1. The zero-order valence-corrected chi connectivity index (χ0v) is 14.8. The van der Waals surface area contributed by atoms with Gasteiger partial charge in [-0.15, -0.1) is 0 Å². The van der Waals surface area contributed by atoms with Gasteiger partial charge in [-0.2, -0.15) is 0 Å². The van der Waals surface area contributed by atoms with Crippen molar-refractivity contribution in [3.8, 4) is 0 Å². The number of nitrogens with one attached hydrogen (secondary N) is 1. The Morgan fingerprint density at radius 2 is 1.91 bits per heavy atom. The molecule has 0 saturated heterocycles. The lowest BCUT2D eigenvalue weighted by atomic mass is 9.68. The van der Waals surface area contributed by atoms with Crippen molar-refractivity contribution in [2.75, 3.05) is 6.61 Å². The van der Waals surface area contributed by atoms with Gasteiger partial charge in [-0.05, 0) is 44.4 Å². The average Bonchev–Trinajstić information content (AvgIpc) is 2.55. The van der Waals surface area contributed by atoms with Crippen LogP contribution in [0.25, 0.3) is 0 Å². The highest BCUT2D eigenvalue weighted by atomic mass is 16.5. The molecule has 1 saturated carbocycles. The van der Waals surface area contributed by atoms with Crippen molar-refractivity contribution < 1.29 is 14.3 Å². The van der Waals surface area contributed by atoms with Gasteiger partial charge in [-0.3, -0.25) is 5.84 Å². The molecule has 0 unspecified atom stereocenters. The highest BCUT2D eigenvalue weighted by molar-refractivity contribution is 5.88. The summed E-state index contributed by atoms with van der Waals surface area (Å²) < 4.78 is 10.7. The van der Waals surface area contributed by atoms with Crippen LogP contribution >= 0.6 is 0 Å². The first-order valence-electron chi connectivity index (χ1n) is 8.82. The van der Waals surface area contributed by atoms with Gasteiger partial charge in [0.15, 0.2) is 5.70 Å². The largest absolute Gasteiger partial charge is 0.474 e. The molecule has 0 heterocycles. The summed E-state index contributed by atoms with van der Waals surface area (Å²) in [5, 5.41) is 0. The maximum atomic E-state index is 11.7. The molecule has 0 amide bonds. The van der Waals surface area contributed by atoms with E-state index in [1.807, 2.05) is 0 Å². The monoisotopic (exact) mass is 327 g/mol. The van der Waals surface area contributed by atoms with Crippen molar-refractivity contribution >= 4 is 5.97 Å². The standard InChI is InChI=1S/C17H33N3O3/c1-4-7-10-17(5-2)11-8-13(9-12-17)23-15(18)14(20-19)16(21)22-6-3/h13,20H,4-12,18-19H2,1-3H3/b15-14+. The van der Waals surface area contributed by atoms with Crippen LogP contribution in [0.4, 0.5) is 0 Å². The Morgan fingerprint density at radius 1 is 1.26 bits per heavy atom. The summed E-state index contributed by atoms with van der Waals surface area (Å²) in [7, 11) is 0. The van der Waals surface area contributed by atoms with Crippen molar-refractivity contribution in [2.45, 2.75) is 78.2 Å². The van der Waals surface area contributed by atoms with Crippen LogP contribution in [0.2, 0.25) is 0 Å². The fourth-order valence-corrected chi connectivity index (χ4v) is 3.33. The Bertz CT molecular complexity index is 402. The van der Waals surface area contributed by atoms with E-state index < -0.39 is 5.97 Å². The van der Waals surface area contributed by atoms with E-state index >= 15 is 0 Å². The average molecular weight is 327 g/mol. The molecule has 0 bridgehead atoms. The molecule has 6 heteroatoms. The van der Waals surface area contributed by atoms with Crippen LogP contribution in [0.3, 0.4) is 0 Å². The van der Waals surface area contributed by atoms with E-state index in [2.05, 4.69) is 19.3 Å². The molecule has 0 aromatic heterocycles. The van der Waals surface area contributed by atoms with Crippen LogP contribution in [0.5, 0.6) is 0 Å². The Kier molecular flexibility index (Phi) is 8.23. The van der Waals surface area contributed by atoms with Crippen LogP contribution in [0.15, 0.2) is 11.6 Å². The zero-order chi connectivity index (χ0) is 17.3. The van der Waals surface area contributed by atoms with Crippen molar-refractivity contribution in [1.29, 1.82) is 0 Å². The first-order valence-corrected chi connectivity index (χ1v) is 8.82. The van der Waals surface area contributed by atoms with Gasteiger partial charge in [0.2, 0.25) is 5.88 Å². The molecule has 1 rings (SSSR count). The second-order valence-electron chi connectivity index (χ2n) is 6.38. The molecule has 0 atom stereocenters. The lowest BCUT2D eigenvalue weighted by molar-refractivity contribution is -0.139. The number of carbonyl (C=O) groups excluding carboxylic acids is 1. The summed E-state index contributed by atoms with van der Waals surface area (Å²) in [6, 6.07) is 0. The van der Waals surface area contributed by atoms with Crippen molar-refractivity contribution in [2.24, 2.45) is 17.0 Å². The minimum atomic E-state index is -0.589. The topological polar surface area (TPSA) is 99.6 Å². The Morgan fingerprint density at radius 3 is 2.39 bits per heavy atom. The predicted molar refractivity (Wildman–Crippen MR) is 90.8 cm³/mol. The minimum Gasteiger partial charge on any atom is -0.474 e. The summed E-state index contributed by atoms with van der Waals surface area (Å²) in [5.41, 5.74) is 8.61. The number of esters is 1. The lowest BCUT2D eigenvalue weighted by Crippen LogP contribution is -2.35. The Balaban J connectivity index is 2.61. The summed E-state index contributed by atoms with van der Waals surface area (Å²) in [6.07, 6.45) is 9.26. The van der Waals surface area contributed by atoms with E-state index in [4.69, 9.17) is 21.1 Å². The molecule has 0 aromatic rings. The number of unbranched alkanes of at least 4 members (excludes halogenated alkanes) is 1. The lowest BCUT2D eigenvalue weighted by Gasteiger charge is -2.40. The number of ether oxygens (including phenoxy) is 2. The number of rotatable bonds is 9. The first kappa shape index (κ1) is 19.6. The van der Waals surface area contributed by atoms with Crippen LogP contribution in [-0.2, 0) is 14.3 Å². The van der Waals surface area contributed by atoms with Gasteiger partial charge in [-0.1, -0.05) is 33.1 Å². The fourth-order valence-electron chi connectivity index (χ4n) is 3.33. The Hall–Kier alpha value is -1.43. The molecule has 5 N–H and O–H groups in total. The highest BCUT2D eigenvalue weighted by Crippen LogP contribution is 2.44. The summed E-state index contributed by atoms with van der Waals surface area (Å²) in [6.45, 7) is 6.50. The molecule has 6 nitrogen and oxygen atoms in total. The molecule has 1 aliphatic rings. The molecule has 0 spiro atoms. The Labute approximate surface area is 139 Å². The molecule has 23 heavy (non-hydrogen) atoms. The molecule has 0 aliphatic heterocycles. The van der Waals surface area contributed by atoms with E-state index in [9.17, 15) is 4.79 Å². The molecule has 0 aromatic carbocycles. The predicted octanol–water partition coefficient (Wildman–Crippen LogP) is 2.69. The summed E-state index contributed by atoms with van der Waals surface area (Å²) in [4.78, 5) is 11.7. The van der Waals surface area contributed by atoms with Gasteiger partial charge in [0.05, 0.1) is 6.61 Å². The van der Waals surface area contributed by atoms with Gasteiger partial charge in [0.1, 0.15) is 6.10 Å². The highest BCUT2D eigenvalue weighted by Gasteiger charge is 2.34. The molecular formula is C17H33N3O3. The number of hydrazine groups is 1. The quantitative estimate of drug-likeness (QED) is 0.198. The van der Waals surface area contributed by atoms with Crippen LogP contribution in [0.1, 0.15) is 72.1 Å². The van der Waals surface area contributed by atoms with E-state index in [1.165, 1.54) is 25.7 Å². The summed E-state index contributed by atoms with van der Waals surface area (Å²) >= 11 is 0. The number of hydrogen-bond acceptors (Lipinski definition) is 6. The van der Waals surface area contributed by atoms with Crippen LogP contribution in [0, 0.1) is 5.41 Å². The van der Waals surface area contributed by atoms with Gasteiger partial charge in [-0.25, -0.2) is 4.79 Å². The number of nitrogens with two attached hydrogens (primary N) is 2. The normalized spacial score (nSPS) is 25.5. The van der Waals surface area contributed by atoms with E-state index in [-0.39, 0.29) is 24.3 Å². The minimum absolute atomic E-state index is 0.00911. The summed E-state index contributed by atoms with van der Waals surface area (Å²) in [5.74, 6) is 4.79. The maximum absolute atomic E-state index is 11.7. The molecular weight excluding hydrogens is 294 g/mol. The van der Waals surface area contributed by atoms with E-state index in [0.717, 1.165) is 25.7 Å². The van der Waals surface area contributed by atoms with Crippen LogP contribution in [-0.4, -0.2) is 18.7 Å². The third kappa shape index (κ3) is 5.61. The van der Waals surface area contributed by atoms with Gasteiger partial charge < -0.3 is 20.6 Å². The molecule has 0 radical (unpaired) electrons. The van der Waals surface area contributed by atoms with E-state index in [1.54, 1.807) is 6.92 Å². The number of hydrogen-bond donors (Lipinski definition) is 3. The second kappa shape index (κ2) is 9.65. The van der Waals surface area contributed by atoms with Crippen molar-refractivity contribution in [3.05, 3.63) is 11.6 Å². The SMILES string of the molecule is CCCCC1(CC)CCC(O/C(N)=C(/NN)C(=O)OCC)CC1. The molecule has 1 fully saturated rings. The molecule has 1 aliphatic carbocycles. The van der Waals surface area contributed by atoms with Gasteiger partial charge in [0, 0.05) is 0 Å².